The van der Waals surface area contributed by atoms with E-state index in [1.165, 1.54) is 12.1 Å². The van der Waals surface area contributed by atoms with Crippen LogP contribution in [0.25, 0.3) is 11.3 Å². The molecule has 1 amide bonds. The molecular weight excluding hydrogens is 469 g/mol. The number of aliphatic hydroxyl groups excluding tert-OH is 1. The van der Waals surface area contributed by atoms with Gasteiger partial charge in [-0.25, -0.2) is 14.4 Å². The van der Waals surface area contributed by atoms with Crippen molar-refractivity contribution in [1.82, 2.24) is 20.6 Å². The minimum atomic E-state index is -0.679. The van der Waals surface area contributed by atoms with E-state index in [9.17, 15) is 9.90 Å². The molecule has 0 radical (unpaired) electrons. The van der Waals surface area contributed by atoms with E-state index < -0.39 is 17.8 Å². The third kappa shape index (κ3) is 5.96. The molecule has 0 unspecified atom stereocenters. The molecule has 1 saturated carbocycles. The Hall–Kier alpha value is -3.07. The molecule has 184 valence electrons. The van der Waals surface area contributed by atoms with Gasteiger partial charge in [-0.1, -0.05) is 29.8 Å². The van der Waals surface area contributed by atoms with Crippen LogP contribution in [0.5, 0.6) is 0 Å². The molecule has 2 aromatic carbocycles. The molecule has 9 heteroatoms. The molecule has 1 aliphatic carbocycles. The maximum Gasteiger partial charge on any atom is 0.254 e. The fraction of sp³-hybridized carbons (Fsp3) is 0.346. The number of likely N-dealkylation sites (N-methyl/N-ethyl adjacent to an activating group) is 1. The number of hydrogen-bond donors (Lipinski definition) is 4. The minimum absolute atomic E-state index is 0.0826. The van der Waals surface area contributed by atoms with Crippen LogP contribution in [0.2, 0.25) is 5.02 Å². The lowest BCUT2D eigenvalue weighted by atomic mass is 9.85. The molecular formula is C26H29ClFN5O2. The van der Waals surface area contributed by atoms with E-state index >= 15 is 4.39 Å². The Morgan fingerprint density at radius 1 is 1.23 bits per heavy atom. The van der Waals surface area contributed by atoms with Crippen molar-refractivity contribution in [2.24, 2.45) is 0 Å². The summed E-state index contributed by atoms with van der Waals surface area (Å²) in [5, 5.41) is 16.2. The summed E-state index contributed by atoms with van der Waals surface area (Å²) in [5.74, 6) is -0.850. The molecule has 0 saturated heterocycles. The van der Waals surface area contributed by atoms with E-state index in [0.717, 1.165) is 24.1 Å². The molecule has 0 bridgehead atoms. The Balaban J connectivity index is 1.55. The number of amides is 1. The second-order valence-electron chi connectivity index (χ2n) is 8.87. The van der Waals surface area contributed by atoms with Crippen LogP contribution in [0.15, 0.2) is 48.7 Å². The molecule has 1 aromatic heterocycles. The lowest BCUT2D eigenvalue weighted by Crippen LogP contribution is -2.35. The van der Waals surface area contributed by atoms with Gasteiger partial charge in [0.1, 0.15) is 17.3 Å². The Labute approximate surface area is 208 Å². The van der Waals surface area contributed by atoms with Gasteiger partial charge >= 0.3 is 0 Å². The van der Waals surface area contributed by atoms with Crippen LogP contribution in [-0.4, -0.2) is 40.7 Å². The van der Waals surface area contributed by atoms with E-state index in [0.29, 0.717) is 35.7 Å². The van der Waals surface area contributed by atoms with Gasteiger partial charge in [0.25, 0.3) is 5.91 Å². The second-order valence-corrected chi connectivity index (χ2v) is 9.30. The van der Waals surface area contributed by atoms with Crippen molar-refractivity contribution in [3.63, 3.8) is 0 Å². The first-order valence-corrected chi connectivity index (χ1v) is 12.0. The summed E-state index contributed by atoms with van der Waals surface area (Å²) in [6.45, 7) is 0.447. The van der Waals surface area contributed by atoms with Crippen LogP contribution in [0.4, 0.5) is 10.2 Å². The number of nitrogen functional groups attached to an aromatic ring is 1. The average molecular weight is 498 g/mol. The molecule has 0 spiro atoms. The smallest absolute Gasteiger partial charge is 0.254 e. The quantitative estimate of drug-likeness (QED) is 0.388. The standard InChI is InChI=1S/C26H29ClFN5O2/c1-30-13-22(16-3-2-4-18(27)11-16)33-26(35)20-10-7-17(12-21(20)28)24-25(29)31-14-23(32-24)15-5-8-19(34)9-6-15/h2-4,7,10-12,14-15,19,22,30,34H,5-6,8-9,13H2,1H3,(H2,29,31)(H,33,35)/t15?,19?,22-/m1/s1. The number of carbonyl (C=O) groups is 1. The molecule has 35 heavy (non-hydrogen) atoms. The fourth-order valence-corrected chi connectivity index (χ4v) is 4.65. The van der Waals surface area contributed by atoms with Crippen molar-refractivity contribution in [1.29, 1.82) is 0 Å². The number of anilines is 1. The SMILES string of the molecule is CNC[C@@H](NC(=O)c1ccc(-c2nc(C3CCC(O)CC3)cnc2N)cc1F)c1cccc(Cl)c1. The normalized spacial score (nSPS) is 18.7. The first kappa shape index (κ1) is 25.0. The number of rotatable bonds is 7. The molecule has 0 aliphatic heterocycles. The first-order valence-electron chi connectivity index (χ1n) is 11.7. The Kier molecular flexibility index (Phi) is 7.95. The topological polar surface area (TPSA) is 113 Å². The lowest BCUT2D eigenvalue weighted by molar-refractivity contribution is 0.0932. The number of carbonyl (C=O) groups excluding carboxylic acids is 1. The molecule has 1 heterocycles. The molecule has 3 aromatic rings. The van der Waals surface area contributed by atoms with Gasteiger partial charge < -0.3 is 21.5 Å². The summed E-state index contributed by atoms with van der Waals surface area (Å²) in [6.07, 6.45) is 4.44. The van der Waals surface area contributed by atoms with Crippen molar-refractivity contribution < 1.29 is 14.3 Å². The molecule has 1 aliphatic rings. The predicted octanol–water partition coefficient (Wildman–Crippen LogP) is 4.23. The number of hydrogen-bond acceptors (Lipinski definition) is 6. The van der Waals surface area contributed by atoms with Crippen LogP contribution in [0, 0.1) is 5.82 Å². The Morgan fingerprint density at radius 3 is 2.69 bits per heavy atom. The van der Waals surface area contributed by atoms with Crippen molar-refractivity contribution >= 4 is 23.3 Å². The van der Waals surface area contributed by atoms with Crippen molar-refractivity contribution in [3.8, 4) is 11.3 Å². The van der Waals surface area contributed by atoms with E-state index in [1.807, 2.05) is 6.07 Å². The van der Waals surface area contributed by atoms with Gasteiger partial charge in [-0.15, -0.1) is 0 Å². The van der Waals surface area contributed by atoms with Crippen LogP contribution in [0.3, 0.4) is 0 Å². The number of aliphatic hydroxyl groups is 1. The van der Waals surface area contributed by atoms with E-state index in [-0.39, 0.29) is 23.4 Å². The van der Waals surface area contributed by atoms with Crippen molar-refractivity contribution in [3.05, 3.63) is 76.3 Å². The summed E-state index contributed by atoms with van der Waals surface area (Å²) in [5.41, 5.74) is 8.40. The highest BCUT2D eigenvalue weighted by Crippen LogP contribution is 2.34. The molecule has 1 atom stereocenters. The molecule has 4 rings (SSSR count). The zero-order valence-electron chi connectivity index (χ0n) is 19.5. The summed E-state index contributed by atoms with van der Waals surface area (Å²) >= 11 is 6.10. The molecule has 5 N–H and O–H groups in total. The number of nitrogens with zero attached hydrogens (tertiary/aromatic N) is 2. The number of halogens is 2. The highest BCUT2D eigenvalue weighted by Gasteiger charge is 2.24. The van der Waals surface area contributed by atoms with E-state index in [2.05, 4.69) is 20.6 Å². The third-order valence-corrected chi connectivity index (χ3v) is 6.62. The summed E-state index contributed by atoms with van der Waals surface area (Å²) in [6, 6.07) is 11.1. The fourth-order valence-electron chi connectivity index (χ4n) is 4.45. The van der Waals surface area contributed by atoms with Crippen LogP contribution in [-0.2, 0) is 0 Å². The Bertz CT molecular complexity index is 1200. The summed E-state index contributed by atoms with van der Waals surface area (Å²) in [7, 11) is 1.77. The highest BCUT2D eigenvalue weighted by atomic mass is 35.5. The van der Waals surface area contributed by atoms with Gasteiger partial charge in [0, 0.05) is 23.0 Å². The molecule has 1 fully saturated rings. The first-order chi connectivity index (χ1) is 16.9. The Morgan fingerprint density at radius 2 is 2.00 bits per heavy atom. The van der Waals surface area contributed by atoms with Gasteiger partial charge in [0.15, 0.2) is 0 Å². The van der Waals surface area contributed by atoms with E-state index in [1.54, 1.807) is 37.5 Å². The number of nitrogens with one attached hydrogen (secondary N) is 2. The minimum Gasteiger partial charge on any atom is -0.393 e. The number of benzene rings is 2. The summed E-state index contributed by atoms with van der Waals surface area (Å²) in [4.78, 5) is 21.9. The van der Waals surface area contributed by atoms with Gasteiger partial charge in [-0.3, -0.25) is 4.79 Å². The zero-order chi connectivity index (χ0) is 24.9. The van der Waals surface area contributed by atoms with Gasteiger partial charge in [0.05, 0.1) is 29.6 Å². The average Bonchev–Trinajstić information content (AvgIpc) is 2.84. The maximum atomic E-state index is 15.1. The monoisotopic (exact) mass is 497 g/mol. The van der Waals surface area contributed by atoms with Crippen LogP contribution >= 0.6 is 11.6 Å². The van der Waals surface area contributed by atoms with Crippen LogP contribution < -0.4 is 16.4 Å². The second kappa shape index (κ2) is 11.1. The number of nitrogens with two attached hydrogens (primary N) is 1. The summed E-state index contributed by atoms with van der Waals surface area (Å²) < 4.78 is 15.1. The molecule has 7 nitrogen and oxygen atoms in total. The van der Waals surface area contributed by atoms with Crippen molar-refractivity contribution in [2.75, 3.05) is 19.3 Å². The third-order valence-electron chi connectivity index (χ3n) is 6.39. The van der Waals surface area contributed by atoms with Crippen molar-refractivity contribution in [2.45, 2.75) is 43.7 Å². The largest absolute Gasteiger partial charge is 0.393 e. The van der Waals surface area contributed by atoms with Gasteiger partial charge in [-0.2, -0.15) is 0 Å². The number of aromatic nitrogens is 2. The highest BCUT2D eigenvalue weighted by molar-refractivity contribution is 6.30. The van der Waals surface area contributed by atoms with E-state index in [4.69, 9.17) is 17.3 Å². The maximum absolute atomic E-state index is 15.1. The predicted molar refractivity (Wildman–Crippen MR) is 135 cm³/mol. The van der Waals surface area contributed by atoms with Gasteiger partial charge in [0.2, 0.25) is 0 Å². The zero-order valence-corrected chi connectivity index (χ0v) is 20.2. The van der Waals surface area contributed by atoms with Gasteiger partial charge in [-0.05, 0) is 62.6 Å². The van der Waals surface area contributed by atoms with Crippen LogP contribution in [0.1, 0.15) is 59.3 Å². The lowest BCUT2D eigenvalue weighted by Gasteiger charge is -2.25.